The fourth-order valence-corrected chi connectivity index (χ4v) is 5.26. The zero-order chi connectivity index (χ0) is 21.2. The van der Waals surface area contributed by atoms with Gasteiger partial charge in [0.15, 0.2) is 5.69 Å². The Kier molecular flexibility index (Phi) is 5.54. The molecule has 0 bridgehead atoms. The minimum Gasteiger partial charge on any atom is -0.334 e. The van der Waals surface area contributed by atoms with Gasteiger partial charge in [-0.3, -0.25) is 15.2 Å². The molecule has 2 aliphatic rings. The van der Waals surface area contributed by atoms with Gasteiger partial charge in [-0.1, -0.05) is 48.8 Å². The van der Waals surface area contributed by atoms with Gasteiger partial charge in [-0.15, -0.1) is 10.2 Å². The number of carbonyl (C=O) groups is 2. The number of rotatable bonds is 3. The second-order valence-corrected chi connectivity index (χ2v) is 9.12. The van der Waals surface area contributed by atoms with Crippen molar-refractivity contribution in [1.82, 2.24) is 30.2 Å². The molecule has 1 aliphatic carbocycles. The Morgan fingerprint density at radius 1 is 1.00 bits per heavy atom. The fraction of sp³-hybridized carbons (Fsp3) is 0.476. The lowest BCUT2D eigenvalue weighted by atomic mass is 9.90. The first-order valence-corrected chi connectivity index (χ1v) is 11.6. The molecule has 0 radical (unpaired) electrons. The van der Waals surface area contributed by atoms with Crippen molar-refractivity contribution < 1.29 is 9.59 Å². The van der Waals surface area contributed by atoms with E-state index in [1.807, 2.05) is 24.3 Å². The summed E-state index contributed by atoms with van der Waals surface area (Å²) in [5.74, 6) is 0.364. The summed E-state index contributed by atoms with van der Waals surface area (Å²) in [6.07, 6.45) is 6.09. The molecule has 3 amide bonds. The van der Waals surface area contributed by atoms with E-state index < -0.39 is 0 Å². The number of benzene rings is 1. The Morgan fingerprint density at radius 2 is 1.74 bits per heavy atom. The summed E-state index contributed by atoms with van der Waals surface area (Å²) < 4.78 is 0. The highest BCUT2D eigenvalue weighted by Crippen LogP contribution is 2.35. The Hall–Kier alpha value is -3.01. The lowest BCUT2D eigenvalue weighted by Gasteiger charge is -2.34. The average Bonchev–Trinajstić information content (AvgIpc) is 3.46. The molecule has 2 N–H and O–H groups in total. The average molecular weight is 440 g/mol. The van der Waals surface area contributed by atoms with E-state index in [2.05, 4.69) is 25.7 Å². The molecule has 1 saturated heterocycles. The standard InChI is InChI=1S/C21H25N7O2S/c29-19(17-15-8-4-5-9-16(15)23-24-17)27-10-12-28(13-11-27)21(30)22-20-26-25-18(31-20)14-6-2-1-3-7-14/h4-5,8-9,14H,1-3,6-7,10-13H2,(H,23,24)(H,22,26,30). The number of nitrogens with zero attached hydrogens (tertiary/aromatic N) is 5. The van der Waals surface area contributed by atoms with Crippen LogP contribution in [-0.4, -0.2) is 68.3 Å². The van der Waals surface area contributed by atoms with Crippen molar-refractivity contribution >= 4 is 39.3 Å². The number of nitrogens with one attached hydrogen (secondary N) is 2. The number of aromatic nitrogens is 4. The summed E-state index contributed by atoms with van der Waals surface area (Å²) in [6, 6.07) is 7.39. The highest BCUT2D eigenvalue weighted by Gasteiger charge is 2.28. The SMILES string of the molecule is O=C(Nc1nnc(C2CCCCC2)s1)N1CCN(C(=O)c2n[nH]c3ccccc23)CC1. The minimum atomic E-state index is -0.191. The van der Waals surface area contributed by atoms with Crippen molar-refractivity contribution in [3.05, 3.63) is 35.0 Å². The lowest BCUT2D eigenvalue weighted by molar-refractivity contribution is 0.0667. The molecule has 5 rings (SSSR count). The van der Waals surface area contributed by atoms with Gasteiger partial charge in [0.1, 0.15) is 5.01 Å². The normalized spacial score (nSPS) is 17.8. The van der Waals surface area contributed by atoms with Crippen molar-refractivity contribution in [3.63, 3.8) is 0 Å². The number of hydrogen-bond acceptors (Lipinski definition) is 6. The van der Waals surface area contributed by atoms with E-state index in [4.69, 9.17) is 0 Å². The molecule has 2 fully saturated rings. The van der Waals surface area contributed by atoms with Crippen LogP contribution in [0.25, 0.3) is 10.9 Å². The van der Waals surface area contributed by atoms with E-state index in [0.717, 1.165) is 28.8 Å². The Bertz CT molecular complexity index is 1080. The lowest BCUT2D eigenvalue weighted by Crippen LogP contribution is -2.51. The molecule has 0 spiro atoms. The first kappa shape index (κ1) is 19.9. The largest absolute Gasteiger partial charge is 0.334 e. The summed E-state index contributed by atoms with van der Waals surface area (Å²) in [6.45, 7) is 1.87. The van der Waals surface area contributed by atoms with Gasteiger partial charge >= 0.3 is 6.03 Å². The van der Waals surface area contributed by atoms with Crippen LogP contribution in [0.15, 0.2) is 24.3 Å². The highest BCUT2D eigenvalue weighted by atomic mass is 32.1. The van der Waals surface area contributed by atoms with Crippen LogP contribution in [0, 0.1) is 0 Å². The molecule has 10 heteroatoms. The third-order valence-corrected chi connectivity index (χ3v) is 7.14. The smallest absolute Gasteiger partial charge is 0.323 e. The van der Waals surface area contributed by atoms with E-state index in [1.165, 1.54) is 30.6 Å². The molecule has 31 heavy (non-hydrogen) atoms. The van der Waals surface area contributed by atoms with Crippen LogP contribution in [0.1, 0.15) is 53.5 Å². The minimum absolute atomic E-state index is 0.112. The number of amides is 3. The number of fused-ring (bicyclic) bond motifs is 1. The Labute approximate surface area is 183 Å². The van der Waals surface area contributed by atoms with Gasteiger partial charge in [0.25, 0.3) is 5.91 Å². The molecule has 2 aromatic heterocycles. The summed E-state index contributed by atoms with van der Waals surface area (Å²) in [4.78, 5) is 29.0. The first-order chi connectivity index (χ1) is 15.2. The van der Waals surface area contributed by atoms with Crippen LogP contribution in [0.2, 0.25) is 0 Å². The van der Waals surface area contributed by atoms with Crippen molar-refractivity contribution in [2.75, 3.05) is 31.5 Å². The topological polar surface area (TPSA) is 107 Å². The summed E-state index contributed by atoms with van der Waals surface area (Å²) >= 11 is 1.48. The van der Waals surface area contributed by atoms with E-state index in [0.29, 0.717) is 42.9 Å². The first-order valence-electron chi connectivity index (χ1n) is 10.8. The maximum atomic E-state index is 12.9. The monoisotopic (exact) mass is 439 g/mol. The van der Waals surface area contributed by atoms with Gasteiger partial charge in [0.05, 0.1) is 5.52 Å². The van der Waals surface area contributed by atoms with Gasteiger partial charge in [0.2, 0.25) is 5.13 Å². The zero-order valence-corrected chi connectivity index (χ0v) is 18.0. The number of urea groups is 1. The third kappa shape index (κ3) is 4.12. The molecular weight excluding hydrogens is 414 g/mol. The van der Waals surface area contributed by atoms with Crippen LogP contribution in [0.4, 0.5) is 9.93 Å². The van der Waals surface area contributed by atoms with Crippen molar-refractivity contribution in [2.24, 2.45) is 0 Å². The summed E-state index contributed by atoms with van der Waals surface area (Å²) in [5, 5.41) is 20.8. The third-order valence-electron chi connectivity index (χ3n) is 6.14. The molecule has 9 nitrogen and oxygen atoms in total. The maximum Gasteiger partial charge on any atom is 0.323 e. The molecule has 0 unspecified atom stereocenters. The van der Waals surface area contributed by atoms with Crippen LogP contribution >= 0.6 is 11.3 Å². The van der Waals surface area contributed by atoms with Crippen molar-refractivity contribution in [2.45, 2.75) is 38.0 Å². The number of aromatic amines is 1. The van der Waals surface area contributed by atoms with E-state index >= 15 is 0 Å². The van der Waals surface area contributed by atoms with Crippen LogP contribution in [-0.2, 0) is 0 Å². The van der Waals surface area contributed by atoms with Crippen LogP contribution in [0.5, 0.6) is 0 Å². The molecule has 0 atom stereocenters. The second-order valence-electron chi connectivity index (χ2n) is 8.11. The van der Waals surface area contributed by atoms with Crippen LogP contribution in [0.3, 0.4) is 0 Å². The molecular formula is C21H25N7O2S. The molecule has 1 aliphatic heterocycles. The number of anilines is 1. The number of H-pyrrole nitrogens is 1. The molecule has 162 valence electrons. The molecule has 1 aromatic carbocycles. The maximum absolute atomic E-state index is 12.9. The van der Waals surface area contributed by atoms with E-state index in [9.17, 15) is 9.59 Å². The Balaban J connectivity index is 1.16. The summed E-state index contributed by atoms with van der Waals surface area (Å²) in [5.41, 5.74) is 1.27. The zero-order valence-electron chi connectivity index (χ0n) is 17.2. The molecule has 3 heterocycles. The fourth-order valence-electron chi connectivity index (χ4n) is 4.36. The van der Waals surface area contributed by atoms with Crippen LogP contribution < -0.4 is 5.32 Å². The molecule has 1 saturated carbocycles. The van der Waals surface area contributed by atoms with Gasteiger partial charge in [-0.25, -0.2) is 4.79 Å². The Morgan fingerprint density at radius 3 is 2.55 bits per heavy atom. The second kappa shape index (κ2) is 8.62. The van der Waals surface area contributed by atoms with Gasteiger partial charge < -0.3 is 9.80 Å². The quantitative estimate of drug-likeness (QED) is 0.650. The van der Waals surface area contributed by atoms with Crippen molar-refractivity contribution in [3.8, 4) is 0 Å². The van der Waals surface area contributed by atoms with Gasteiger partial charge in [0, 0.05) is 37.5 Å². The predicted octanol–water partition coefficient (Wildman–Crippen LogP) is 3.45. The predicted molar refractivity (Wildman–Crippen MR) is 118 cm³/mol. The summed E-state index contributed by atoms with van der Waals surface area (Å²) in [7, 11) is 0. The number of para-hydroxylation sites is 1. The number of piperazine rings is 1. The van der Waals surface area contributed by atoms with Gasteiger partial charge in [-0.2, -0.15) is 5.10 Å². The molecule has 3 aromatic rings. The highest BCUT2D eigenvalue weighted by molar-refractivity contribution is 7.15. The number of hydrogen-bond donors (Lipinski definition) is 2. The number of carbonyl (C=O) groups excluding carboxylic acids is 2. The van der Waals surface area contributed by atoms with E-state index in [-0.39, 0.29) is 11.9 Å². The van der Waals surface area contributed by atoms with Gasteiger partial charge in [-0.05, 0) is 18.9 Å². The van der Waals surface area contributed by atoms with E-state index in [1.54, 1.807) is 9.80 Å². The van der Waals surface area contributed by atoms with Crippen molar-refractivity contribution in [1.29, 1.82) is 0 Å².